The quantitative estimate of drug-likeness (QED) is 0.747. The van der Waals surface area contributed by atoms with Crippen LogP contribution in [0.1, 0.15) is 18.9 Å². The first kappa shape index (κ1) is 17.4. The first-order valence-electron chi connectivity index (χ1n) is 6.44. The molecule has 1 aromatic carbocycles. The second-order valence-electron chi connectivity index (χ2n) is 4.53. The summed E-state index contributed by atoms with van der Waals surface area (Å²) in [6, 6.07) is 4.59. The van der Waals surface area contributed by atoms with E-state index in [1.165, 1.54) is 16.6 Å². The normalized spacial score (nSPS) is 12.1. The maximum Gasteiger partial charge on any atom is 0.211 e. The van der Waals surface area contributed by atoms with Gasteiger partial charge in [-0.15, -0.1) is 0 Å². The minimum absolute atomic E-state index is 0.110. The molecule has 0 aromatic heterocycles. The molecular weight excluding hydrogens is 303 g/mol. The fourth-order valence-electron chi connectivity index (χ4n) is 1.82. The zero-order valence-corrected chi connectivity index (χ0v) is 13.3. The van der Waals surface area contributed by atoms with Gasteiger partial charge < -0.3 is 5.32 Å². The van der Waals surface area contributed by atoms with Crippen LogP contribution in [0.3, 0.4) is 0 Å². The van der Waals surface area contributed by atoms with Gasteiger partial charge in [0.05, 0.1) is 11.3 Å². The maximum absolute atomic E-state index is 13.0. The summed E-state index contributed by atoms with van der Waals surface area (Å²) in [7, 11) is -3.12. The zero-order chi connectivity index (χ0) is 15.2. The van der Waals surface area contributed by atoms with Crippen molar-refractivity contribution in [1.82, 2.24) is 9.62 Å². The van der Waals surface area contributed by atoms with E-state index in [-0.39, 0.29) is 5.02 Å². The van der Waals surface area contributed by atoms with Gasteiger partial charge in [-0.3, -0.25) is 0 Å². The van der Waals surface area contributed by atoms with Gasteiger partial charge in [0.25, 0.3) is 0 Å². The standard InChI is InChI=1S/C13H20ClFN2O2S/c1-3-17(20(2,18)19)8-4-7-16-10-11-5-6-13(15)12(14)9-11/h5-6,9,16H,3-4,7-8,10H2,1-2H3. The Labute approximate surface area is 125 Å². The van der Waals surface area contributed by atoms with Gasteiger partial charge in [-0.1, -0.05) is 24.6 Å². The molecular formula is C13H20ClFN2O2S. The Kier molecular flexibility index (Phi) is 6.88. The first-order valence-corrected chi connectivity index (χ1v) is 8.67. The molecule has 0 unspecified atom stereocenters. The summed E-state index contributed by atoms with van der Waals surface area (Å²) in [6.07, 6.45) is 1.93. The molecule has 7 heteroatoms. The lowest BCUT2D eigenvalue weighted by molar-refractivity contribution is 0.419. The summed E-state index contributed by atoms with van der Waals surface area (Å²) in [5.41, 5.74) is 0.895. The van der Waals surface area contributed by atoms with Crippen LogP contribution in [-0.4, -0.2) is 38.6 Å². The topological polar surface area (TPSA) is 49.4 Å². The number of hydrogen-bond donors (Lipinski definition) is 1. The van der Waals surface area contributed by atoms with Crippen LogP contribution >= 0.6 is 11.6 Å². The highest BCUT2D eigenvalue weighted by Crippen LogP contribution is 2.15. The predicted molar refractivity (Wildman–Crippen MR) is 79.8 cm³/mol. The first-order chi connectivity index (χ1) is 9.34. The van der Waals surface area contributed by atoms with Gasteiger partial charge in [0.1, 0.15) is 5.82 Å². The number of benzene rings is 1. The van der Waals surface area contributed by atoms with Crippen molar-refractivity contribution in [3.63, 3.8) is 0 Å². The van der Waals surface area contributed by atoms with Crippen molar-refractivity contribution in [3.05, 3.63) is 34.6 Å². The van der Waals surface area contributed by atoms with E-state index < -0.39 is 15.8 Å². The average Bonchev–Trinajstić information content (AvgIpc) is 2.36. The lowest BCUT2D eigenvalue weighted by Gasteiger charge is -2.17. The van der Waals surface area contributed by atoms with E-state index in [2.05, 4.69) is 5.32 Å². The van der Waals surface area contributed by atoms with Crippen LogP contribution in [0.15, 0.2) is 18.2 Å². The Hall–Kier alpha value is -0.690. The summed E-state index contributed by atoms with van der Waals surface area (Å²) in [5, 5.41) is 3.29. The van der Waals surface area contributed by atoms with Gasteiger partial charge in [0, 0.05) is 19.6 Å². The molecule has 0 saturated heterocycles. The molecule has 0 bridgehead atoms. The molecule has 0 radical (unpaired) electrons. The third-order valence-corrected chi connectivity index (χ3v) is 4.56. The maximum atomic E-state index is 13.0. The van der Waals surface area contributed by atoms with Crippen molar-refractivity contribution < 1.29 is 12.8 Å². The van der Waals surface area contributed by atoms with Crippen LogP contribution < -0.4 is 5.32 Å². The molecule has 0 aliphatic carbocycles. The Morgan fingerprint density at radius 3 is 2.65 bits per heavy atom. The van der Waals surface area contributed by atoms with E-state index in [0.717, 1.165) is 12.0 Å². The fraction of sp³-hybridized carbons (Fsp3) is 0.538. The highest BCUT2D eigenvalue weighted by atomic mass is 35.5. The highest BCUT2D eigenvalue weighted by molar-refractivity contribution is 7.88. The lowest BCUT2D eigenvalue weighted by atomic mass is 10.2. The molecule has 4 nitrogen and oxygen atoms in total. The molecule has 114 valence electrons. The van der Waals surface area contributed by atoms with Crippen molar-refractivity contribution in [2.24, 2.45) is 0 Å². The minimum atomic E-state index is -3.12. The number of halogens is 2. The predicted octanol–water partition coefficient (Wildman–Crippen LogP) is 2.24. The summed E-state index contributed by atoms with van der Waals surface area (Å²) in [6.45, 7) is 4.04. The van der Waals surface area contributed by atoms with Gasteiger partial charge in [-0.2, -0.15) is 0 Å². The molecule has 0 atom stereocenters. The van der Waals surface area contributed by atoms with Crippen molar-refractivity contribution in [2.75, 3.05) is 25.9 Å². The Balaban J connectivity index is 2.30. The Morgan fingerprint density at radius 2 is 2.10 bits per heavy atom. The van der Waals surface area contributed by atoms with Crippen LogP contribution in [0.25, 0.3) is 0 Å². The number of nitrogens with one attached hydrogen (secondary N) is 1. The van der Waals surface area contributed by atoms with Gasteiger partial charge in [-0.05, 0) is 30.7 Å². The van der Waals surface area contributed by atoms with Crippen LogP contribution in [0, 0.1) is 5.82 Å². The van der Waals surface area contributed by atoms with Crippen LogP contribution in [-0.2, 0) is 16.6 Å². The molecule has 1 rings (SSSR count). The Morgan fingerprint density at radius 1 is 1.40 bits per heavy atom. The molecule has 0 aliphatic heterocycles. The Bertz CT molecular complexity index is 537. The number of hydrogen-bond acceptors (Lipinski definition) is 3. The average molecular weight is 323 g/mol. The smallest absolute Gasteiger partial charge is 0.211 e. The van der Waals surface area contributed by atoms with Gasteiger partial charge in [-0.25, -0.2) is 17.1 Å². The van der Waals surface area contributed by atoms with Gasteiger partial charge >= 0.3 is 0 Å². The van der Waals surface area contributed by atoms with E-state index >= 15 is 0 Å². The summed E-state index contributed by atoms with van der Waals surface area (Å²) < 4.78 is 37.1. The third kappa shape index (κ3) is 5.75. The van der Waals surface area contributed by atoms with Crippen molar-refractivity contribution in [1.29, 1.82) is 0 Å². The van der Waals surface area contributed by atoms with Gasteiger partial charge in [0.2, 0.25) is 10.0 Å². The van der Waals surface area contributed by atoms with Crippen molar-refractivity contribution in [2.45, 2.75) is 19.9 Å². The largest absolute Gasteiger partial charge is 0.313 e. The minimum Gasteiger partial charge on any atom is -0.313 e. The molecule has 1 N–H and O–H groups in total. The summed E-state index contributed by atoms with van der Waals surface area (Å²) in [4.78, 5) is 0. The molecule has 0 spiro atoms. The fourth-order valence-corrected chi connectivity index (χ4v) is 2.95. The van der Waals surface area contributed by atoms with Crippen molar-refractivity contribution in [3.8, 4) is 0 Å². The van der Waals surface area contributed by atoms with Crippen molar-refractivity contribution >= 4 is 21.6 Å². The van der Waals surface area contributed by atoms with E-state index in [9.17, 15) is 12.8 Å². The number of sulfonamides is 1. The van der Waals surface area contributed by atoms with E-state index in [1.54, 1.807) is 12.1 Å². The van der Waals surface area contributed by atoms with E-state index in [4.69, 9.17) is 11.6 Å². The van der Waals surface area contributed by atoms with Gasteiger partial charge in [0.15, 0.2) is 0 Å². The molecule has 0 heterocycles. The molecule has 1 aromatic rings. The lowest BCUT2D eigenvalue weighted by Crippen LogP contribution is -2.32. The number of nitrogens with zero attached hydrogens (tertiary/aromatic N) is 1. The molecule has 0 fully saturated rings. The molecule has 0 saturated carbocycles. The van der Waals surface area contributed by atoms with Crippen LogP contribution in [0.5, 0.6) is 0 Å². The van der Waals surface area contributed by atoms with Crippen LogP contribution in [0.2, 0.25) is 5.02 Å². The second-order valence-corrected chi connectivity index (χ2v) is 6.92. The zero-order valence-electron chi connectivity index (χ0n) is 11.7. The highest BCUT2D eigenvalue weighted by Gasteiger charge is 2.12. The second kappa shape index (κ2) is 7.93. The third-order valence-electron chi connectivity index (χ3n) is 2.90. The van der Waals surface area contributed by atoms with E-state index in [1.807, 2.05) is 6.92 Å². The van der Waals surface area contributed by atoms with E-state index in [0.29, 0.717) is 26.2 Å². The van der Waals surface area contributed by atoms with Crippen LogP contribution in [0.4, 0.5) is 4.39 Å². The monoisotopic (exact) mass is 322 g/mol. The summed E-state index contributed by atoms with van der Waals surface area (Å²) in [5.74, 6) is -0.429. The SMILES string of the molecule is CCN(CCCNCc1ccc(F)c(Cl)c1)S(C)(=O)=O. The number of rotatable bonds is 8. The summed E-state index contributed by atoms with van der Waals surface area (Å²) >= 11 is 5.69. The molecule has 0 amide bonds. The molecule has 20 heavy (non-hydrogen) atoms. The molecule has 0 aliphatic rings.